The minimum Gasteiger partial charge on any atom is -0.342 e. The first-order valence-corrected chi connectivity index (χ1v) is 10.0. The summed E-state index contributed by atoms with van der Waals surface area (Å²) in [5.74, 6) is -0.273. The van der Waals surface area contributed by atoms with Gasteiger partial charge in [-0.05, 0) is 36.4 Å². The van der Waals surface area contributed by atoms with Crippen LogP contribution in [0.3, 0.4) is 0 Å². The van der Waals surface area contributed by atoms with Gasteiger partial charge in [0.05, 0.1) is 13.1 Å². The van der Waals surface area contributed by atoms with Crippen LogP contribution in [-0.4, -0.2) is 31.4 Å². The smallest absolute Gasteiger partial charge is 0.275 e. The van der Waals surface area contributed by atoms with Crippen molar-refractivity contribution in [2.75, 3.05) is 25.0 Å². The summed E-state index contributed by atoms with van der Waals surface area (Å²) in [4.78, 5) is 27.1. The van der Waals surface area contributed by atoms with Gasteiger partial charge >= 0.3 is 0 Å². The second-order valence-electron chi connectivity index (χ2n) is 6.69. The lowest BCUT2D eigenvalue weighted by molar-refractivity contribution is -0.924. The summed E-state index contributed by atoms with van der Waals surface area (Å²) in [6.45, 7) is 5.58. The van der Waals surface area contributed by atoms with Crippen LogP contribution in [0.4, 0.5) is 5.69 Å². The minimum atomic E-state index is -0.193. The highest BCUT2D eigenvalue weighted by molar-refractivity contribution is 7.10. The van der Waals surface area contributed by atoms with Crippen molar-refractivity contribution in [3.63, 3.8) is 0 Å². The maximum atomic E-state index is 12.3. The summed E-state index contributed by atoms with van der Waals surface area (Å²) < 4.78 is 0. The summed E-state index contributed by atoms with van der Waals surface area (Å²) in [5.41, 5.74) is 3.26. The fourth-order valence-electron chi connectivity index (χ4n) is 3.48. The summed E-state index contributed by atoms with van der Waals surface area (Å²) in [6.07, 6.45) is 1.87. The van der Waals surface area contributed by atoms with Crippen LogP contribution in [0, 0.1) is 0 Å². The molecule has 0 bridgehead atoms. The van der Waals surface area contributed by atoms with Gasteiger partial charge in [0.2, 0.25) is 5.91 Å². The lowest BCUT2D eigenvalue weighted by Gasteiger charge is -2.29. The largest absolute Gasteiger partial charge is 0.342 e. The number of carbonyl (C=O) groups is 2. The summed E-state index contributed by atoms with van der Waals surface area (Å²) in [6, 6.07) is 10.2. The van der Waals surface area contributed by atoms with E-state index in [1.165, 1.54) is 15.3 Å². The van der Waals surface area contributed by atoms with Crippen LogP contribution in [-0.2, 0) is 22.4 Å². The van der Waals surface area contributed by atoms with Crippen LogP contribution >= 0.6 is 11.3 Å². The molecule has 0 radical (unpaired) electrons. The molecule has 3 rings (SSSR count). The predicted molar refractivity (Wildman–Crippen MR) is 105 cm³/mol. The van der Waals surface area contributed by atoms with E-state index in [2.05, 4.69) is 29.0 Å². The summed E-state index contributed by atoms with van der Waals surface area (Å²) in [7, 11) is 0. The first-order valence-electron chi connectivity index (χ1n) is 9.13. The standard InChI is InChI=1S/C20H25N3O2S/c1-3-15-6-4-5-7-17(15)22-19(24)12-21-20(25)13-23-10-8-18-16(14(23)2)9-11-26-18/h4-7,9,11,14H,3,8,10,12-13H2,1-2H3,(H,21,25)(H,22,24)/p+1/t14-/m1/s1. The van der Waals surface area contributed by atoms with Crippen LogP contribution in [0.25, 0.3) is 0 Å². The highest BCUT2D eigenvalue weighted by Crippen LogP contribution is 2.24. The van der Waals surface area contributed by atoms with Gasteiger partial charge in [-0.25, -0.2) is 0 Å². The van der Waals surface area contributed by atoms with Crippen molar-refractivity contribution >= 4 is 28.8 Å². The van der Waals surface area contributed by atoms with E-state index in [-0.39, 0.29) is 18.4 Å². The molecule has 2 amide bonds. The Morgan fingerprint density at radius 1 is 1.23 bits per heavy atom. The van der Waals surface area contributed by atoms with E-state index in [1.807, 2.05) is 31.2 Å². The van der Waals surface area contributed by atoms with Crippen LogP contribution in [0.15, 0.2) is 35.7 Å². The molecule has 1 aliphatic heterocycles. The number of quaternary nitrogens is 1. The average Bonchev–Trinajstić information content (AvgIpc) is 3.12. The van der Waals surface area contributed by atoms with Gasteiger partial charge in [-0.1, -0.05) is 25.1 Å². The van der Waals surface area contributed by atoms with E-state index < -0.39 is 0 Å². The Balaban J connectivity index is 1.48. The number of hydrogen-bond donors (Lipinski definition) is 3. The third-order valence-electron chi connectivity index (χ3n) is 5.04. The Morgan fingerprint density at radius 3 is 2.85 bits per heavy atom. The maximum Gasteiger partial charge on any atom is 0.275 e. The van der Waals surface area contributed by atoms with Crippen LogP contribution in [0.5, 0.6) is 0 Å². The third-order valence-corrected chi connectivity index (χ3v) is 6.03. The van der Waals surface area contributed by atoms with Crippen molar-refractivity contribution in [1.29, 1.82) is 0 Å². The third kappa shape index (κ3) is 4.31. The zero-order valence-electron chi connectivity index (χ0n) is 15.3. The second kappa shape index (κ2) is 8.47. The zero-order chi connectivity index (χ0) is 18.5. The lowest BCUT2D eigenvalue weighted by Crippen LogP contribution is -3.14. The Kier molecular flexibility index (Phi) is 6.06. The molecular formula is C20H26N3O2S+. The molecule has 0 fully saturated rings. The van der Waals surface area contributed by atoms with E-state index in [1.54, 1.807) is 11.3 Å². The average molecular weight is 373 g/mol. The molecule has 2 aromatic rings. The van der Waals surface area contributed by atoms with Gasteiger partial charge < -0.3 is 15.5 Å². The molecule has 1 aliphatic rings. The Morgan fingerprint density at radius 2 is 2.04 bits per heavy atom. The van der Waals surface area contributed by atoms with Gasteiger partial charge in [0.25, 0.3) is 5.91 Å². The number of rotatable bonds is 6. The highest BCUT2D eigenvalue weighted by Gasteiger charge is 2.29. The van der Waals surface area contributed by atoms with E-state index in [9.17, 15) is 9.59 Å². The molecule has 3 N–H and O–H groups in total. The molecule has 138 valence electrons. The molecule has 2 heterocycles. The number of thiophene rings is 1. The first-order chi connectivity index (χ1) is 12.6. The maximum absolute atomic E-state index is 12.3. The SMILES string of the molecule is CCc1ccccc1NC(=O)CNC(=O)C[NH+]1CCc2sccc2[C@H]1C. The van der Waals surface area contributed by atoms with E-state index in [0.29, 0.717) is 12.6 Å². The Labute approximate surface area is 158 Å². The number of amides is 2. The second-order valence-corrected chi connectivity index (χ2v) is 7.69. The van der Waals surface area contributed by atoms with Gasteiger partial charge in [0, 0.05) is 22.5 Å². The monoisotopic (exact) mass is 372 g/mol. The molecule has 26 heavy (non-hydrogen) atoms. The fraction of sp³-hybridized carbons (Fsp3) is 0.400. The predicted octanol–water partition coefficient (Wildman–Crippen LogP) is 1.57. The topological polar surface area (TPSA) is 62.6 Å². The number of nitrogens with one attached hydrogen (secondary N) is 3. The Bertz CT molecular complexity index is 787. The number of hydrogen-bond acceptors (Lipinski definition) is 3. The van der Waals surface area contributed by atoms with E-state index >= 15 is 0 Å². The number of anilines is 1. The van der Waals surface area contributed by atoms with Crippen LogP contribution in [0.2, 0.25) is 0 Å². The molecule has 1 aromatic heterocycles. The van der Waals surface area contributed by atoms with Crippen molar-refractivity contribution in [1.82, 2.24) is 5.32 Å². The summed E-state index contributed by atoms with van der Waals surface area (Å²) >= 11 is 1.80. The van der Waals surface area contributed by atoms with Crippen LogP contribution in [0.1, 0.15) is 35.9 Å². The number of fused-ring (bicyclic) bond motifs is 1. The van der Waals surface area contributed by atoms with Gasteiger partial charge in [-0.15, -0.1) is 11.3 Å². The van der Waals surface area contributed by atoms with Gasteiger partial charge in [0.15, 0.2) is 6.54 Å². The molecule has 2 atom stereocenters. The number of para-hydroxylation sites is 1. The molecule has 0 spiro atoms. The van der Waals surface area contributed by atoms with E-state index in [0.717, 1.165) is 30.6 Å². The molecule has 6 heteroatoms. The molecule has 0 aliphatic carbocycles. The lowest BCUT2D eigenvalue weighted by atomic mass is 10.0. The normalized spacial score (nSPS) is 18.8. The molecular weight excluding hydrogens is 346 g/mol. The molecule has 5 nitrogen and oxygen atoms in total. The minimum absolute atomic E-state index is 0.00223. The number of aryl methyl sites for hydroxylation is 1. The number of carbonyl (C=O) groups excluding carboxylic acids is 2. The van der Waals surface area contributed by atoms with Crippen molar-refractivity contribution in [2.45, 2.75) is 32.7 Å². The molecule has 0 saturated heterocycles. The highest BCUT2D eigenvalue weighted by atomic mass is 32.1. The van der Waals surface area contributed by atoms with E-state index in [4.69, 9.17) is 0 Å². The van der Waals surface area contributed by atoms with Crippen molar-refractivity contribution in [3.8, 4) is 0 Å². The van der Waals surface area contributed by atoms with Crippen molar-refractivity contribution in [3.05, 3.63) is 51.7 Å². The Hall–Kier alpha value is -2.18. The first kappa shape index (κ1) is 18.6. The molecule has 1 aromatic carbocycles. The summed E-state index contributed by atoms with van der Waals surface area (Å²) in [5, 5.41) is 7.76. The number of benzene rings is 1. The fourth-order valence-corrected chi connectivity index (χ4v) is 4.46. The van der Waals surface area contributed by atoms with Gasteiger partial charge in [-0.3, -0.25) is 9.59 Å². The molecule has 1 unspecified atom stereocenters. The van der Waals surface area contributed by atoms with Gasteiger partial charge in [-0.2, -0.15) is 0 Å². The van der Waals surface area contributed by atoms with Gasteiger partial charge in [0.1, 0.15) is 6.04 Å². The zero-order valence-corrected chi connectivity index (χ0v) is 16.1. The molecule has 0 saturated carbocycles. The van der Waals surface area contributed by atoms with Crippen molar-refractivity contribution in [2.24, 2.45) is 0 Å². The van der Waals surface area contributed by atoms with Crippen LogP contribution < -0.4 is 15.5 Å². The quantitative estimate of drug-likeness (QED) is 0.721. The van der Waals surface area contributed by atoms with Crippen molar-refractivity contribution < 1.29 is 14.5 Å².